The van der Waals surface area contributed by atoms with Gasteiger partial charge in [0.2, 0.25) is 5.91 Å². The van der Waals surface area contributed by atoms with Gasteiger partial charge in [-0.3, -0.25) is 4.79 Å². The Bertz CT molecular complexity index is 665. The Kier molecular flexibility index (Phi) is 9.91. The van der Waals surface area contributed by atoms with E-state index >= 15 is 0 Å². The predicted molar refractivity (Wildman–Crippen MR) is 106 cm³/mol. The molecular formula is C20H27ClN2O3. The van der Waals surface area contributed by atoms with E-state index in [2.05, 4.69) is 5.32 Å². The number of amides is 1. The Morgan fingerprint density at radius 2 is 1.81 bits per heavy atom. The summed E-state index contributed by atoms with van der Waals surface area (Å²) in [6, 6.07) is 16.2. The number of anilines is 1. The van der Waals surface area contributed by atoms with Gasteiger partial charge in [0.25, 0.3) is 0 Å². The Balaban J connectivity index is 0.00000338. The number of benzene rings is 2. The summed E-state index contributed by atoms with van der Waals surface area (Å²) >= 11 is 0. The van der Waals surface area contributed by atoms with Crippen molar-refractivity contribution in [2.45, 2.75) is 32.6 Å². The number of nitrogens with two attached hydrogens (primary N) is 1. The summed E-state index contributed by atoms with van der Waals surface area (Å²) in [5.74, 6) is -0.241. The van der Waals surface area contributed by atoms with Gasteiger partial charge in [-0.2, -0.15) is 0 Å². The number of carbonyl (C=O) groups is 1. The first kappa shape index (κ1) is 22.1. The minimum atomic E-state index is -0.700. The van der Waals surface area contributed by atoms with Crippen LogP contribution in [0.25, 0.3) is 0 Å². The van der Waals surface area contributed by atoms with E-state index in [1.807, 2.05) is 68.4 Å². The summed E-state index contributed by atoms with van der Waals surface area (Å²) < 4.78 is 11.0. The second kappa shape index (κ2) is 11.6. The van der Waals surface area contributed by atoms with Gasteiger partial charge in [0, 0.05) is 5.69 Å². The van der Waals surface area contributed by atoms with Gasteiger partial charge in [-0.05, 0) is 37.1 Å². The highest BCUT2D eigenvalue weighted by atomic mass is 35.5. The zero-order valence-corrected chi connectivity index (χ0v) is 16.0. The smallest absolute Gasteiger partial charge is 0.245 e. The van der Waals surface area contributed by atoms with Crippen molar-refractivity contribution in [3.63, 3.8) is 0 Å². The van der Waals surface area contributed by atoms with Crippen LogP contribution in [0.1, 0.15) is 31.0 Å². The number of hydrogen-bond acceptors (Lipinski definition) is 4. The van der Waals surface area contributed by atoms with Gasteiger partial charge in [0.15, 0.2) is 0 Å². The Morgan fingerprint density at radius 1 is 1.08 bits per heavy atom. The highest BCUT2D eigenvalue weighted by Gasteiger charge is 2.15. The Morgan fingerprint density at radius 3 is 2.50 bits per heavy atom. The molecule has 2 rings (SSSR count). The number of nitrogens with one attached hydrogen (secondary N) is 1. The van der Waals surface area contributed by atoms with E-state index in [1.54, 1.807) is 0 Å². The van der Waals surface area contributed by atoms with Crippen molar-refractivity contribution in [3.05, 3.63) is 65.7 Å². The van der Waals surface area contributed by atoms with Crippen LogP contribution >= 0.6 is 12.4 Å². The second-order valence-electron chi connectivity index (χ2n) is 6.05. The number of carbonyl (C=O) groups excluding carboxylic acids is 1. The lowest BCUT2D eigenvalue weighted by Gasteiger charge is -2.13. The molecule has 3 N–H and O–H groups in total. The highest BCUT2D eigenvalue weighted by Crippen LogP contribution is 2.15. The van der Waals surface area contributed by atoms with E-state index in [4.69, 9.17) is 15.2 Å². The van der Waals surface area contributed by atoms with Crippen LogP contribution in [0.2, 0.25) is 0 Å². The van der Waals surface area contributed by atoms with Gasteiger partial charge in [-0.15, -0.1) is 12.4 Å². The van der Waals surface area contributed by atoms with Crippen molar-refractivity contribution in [3.8, 4) is 0 Å². The fourth-order valence-corrected chi connectivity index (χ4v) is 2.30. The van der Waals surface area contributed by atoms with Crippen LogP contribution in [0.5, 0.6) is 0 Å². The molecule has 0 saturated heterocycles. The zero-order chi connectivity index (χ0) is 18.1. The quantitative estimate of drug-likeness (QED) is 0.652. The van der Waals surface area contributed by atoms with E-state index in [0.717, 1.165) is 11.1 Å². The summed E-state index contributed by atoms with van der Waals surface area (Å²) in [6.07, 6.45) is 0.205. The third-order valence-corrected chi connectivity index (χ3v) is 3.58. The number of halogens is 1. The van der Waals surface area contributed by atoms with Crippen molar-refractivity contribution in [2.24, 2.45) is 5.73 Å². The fourth-order valence-electron chi connectivity index (χ4n) is 2.30. The predicted octanol–water partition coefficient (Wildman–Crippen LogP) is 3.69. The summed E-state index contributed by atoms with van der Waals surface area (Å²) in [5, 5.41) is 2.85. The lowest BCUT2D eigenvalue weighted by molar-refractivity contribution is -0.117. The lowest BCUT2D eigenvalue weighted by Crippen LogP contribution is -2.27. The first-order valence-electron chi connectivity index (χ1n) is 8.46. The fraction of sp³-hybridized carbons (Fsp3) is 0.350. The van der Waals surface area contributed by atoms with E-state index in [9.17, 15) is 4.79 Å². The molecule has 26 heavy (non-hydrogen) atoms. The molecule has 6 heteroatoms. The molecule has 1 amide bonds. The molecule has 0 aliphatic rings. The van der Waals surface area contributed by atoms with Crippen molar-refractivity contribution in [1.29, 1.82) is 0 Å². The summed E-state index contributed by atoms with van der Waals surface area (Å²) in [6.45, 7) is 5.56. The van der Waals surface area contributed by atoms with Crippen LogP contribution in [-0.2, 0) is 20.9 Å². The third-order valence-electron chi connectivity index (χ3n) is 3.58. The molecule has 1 atom stereocenters. The van der Waals surface area contributed by atoms with E-state index in [0.29, 0.717) is 25.5 Å². The van der Waals surface area contributed by atoms with E-state index in [-0.39, 0.29) is 24.4 Å². The summed E-state index contributed by atoms with van der Waals surface area (Å²) in [5.41, 5.74) is 8.48. The van der Waals surface area contributed by atoms with Crippen LogP contribution in [0.4, 0.5) is 5.69 Å². The Hall–Kier alpha value is -1.92. The minimum absolute atomic E-state index is 0. The molecule has 0 spiro atoms. The molecule has 0 aromatic heterocycles. The zero-order valence-electron chi connectivity index (χ0n) is 15.2. The molecule has 2 aromatic rings. The van der Waals surface area contributed by atoms with Gasteiger partial charge in [-0.25, -0.2) is 0 Å². The standard InChI is InChI=1S/C20H26N2O3.ClH/c1-15(2)25-12-11-24-14-16-7-6-10-18(13-16)22-20(23)19(21)17-8-4-3-5-9-17;/h3-10,13,15,19H,11-12,14,21H2,1-2H3,(H,22,23);1H. The van der Waals surface area contributed by atoms with Crippen LogP contribution < -0.4 is 11.1 Å². The molecule has 0 aliphatic carbocycles. The van der Waals surface area contributed by atoms with Gasteiger partial charge in [0.1, 0.15) is 6.04 Å². The topological polar surface area (TPSA) is 73.6 Å². The normalized spacial score (nSPS) is 11.7. The molecule has 0 saturated carbocycles. The molecule has 0 fully saturated rings. The van der Waals surface area contributed by atoms with Gasteiger partial charge in [-0.1, -0.05) is 42.5 Å². The molecule has 142 valence electrons. The number of rotatable bonds is 9. The van der Waals surface area contributed by atoms with Crippen molar-refractivity contribution in [2.75, 3.05) is 18.5 Å². The summed E-state index contributed by atoms with van der Waals surface area (Å²) in [7, 11) is 0. The third kappa shape index (κ3) is 7.54. The highest BCUT2D eigenvalue weighted by molar-refractivity contribution is 5.95. The molecule has 2 aromatic carbocycles. The lowest BCUT2D eigenvalue weighted by atomic mass is 10.1. The molecule has 1 unspecified atom stereocenters. The molecular weight excluding hydrogens is 352 g/mol. The van der Waals surface area contributed by atoms with E-state index < -0.39 is 6.04 Å². The van der Waals surface area contributed by atoms with Gasteiger partial charge in [0.05, 0.1) is 25.9 Å². The van der Waals surface area contributed by atoms with Crippen molar-refractivity contribution >= 4 is 24.0 Å². The van der Waals surface area contributed by atoms with Gasteiger partial charge >= 0.3 is 0 Å². The first-order valence-corrected chi connectivity index (χ1v) is 8.46. The molecule has 0 radical (unpaired) electrons. The van der Waals surface area contributed by atoms with Crippen molar-refractivity contribution in [1.82, 2.24) is 0 Å². The summed E-state index contributed by atoms with van der Waals surface area (Å²) in [4.78, 5) is 12.3. The Labute approximate surface area is 161 Å². The van der Waals surface area contributed by atoms with E-state index in [1.165, 1.54) is 0 Å². The molecule has 0 heterocycles. The van der Waals surface area contributed by atoms with Crippen LogP contribution in [0, 0.1) is 0 Å². The molecule has 5 nitrogen and oxygen atoms in total. The second-order valence-corrected chi connectivity index (χ2v) is 6.05. The van der Waals surface area contributed by atoms with Crippen LogP contribution in [0.3, 0.4) is 0 Å². The minimum Gasteiger partial charge on any atom is -0.376 e. The number of hydrogen-bond donors (Lipinski definition) is 2. The van der Waals surface area contributed by atoms with Gasteiger partial charge < -0.3 is 20.5 Å². The average Bonchev–Trinajstić information content (AvgIpc) is 2.61. The average molecular weight is 379 g/mol. The molecule has 0 aliphatic heterocycles. The van der Waals surface area contributed by atoms with Crippen LogP contribution in [-0.4, -0.2) is 25.2 Å². The maximum atomic E-state index is 12.3. The SMILES string of the molecule is CC(C)OCCOCc1cccc(NC(=O)C(N)c2ccccc2)c1.Cl. The van der Waals surface area contributed by atoms with Crippen LogP contribution in [0.15, 0.2) is 54.6 Å². The molecule has 0 bridgehead atoms. The first-order chi connectivity index (χ1) is 12.1. The monoisotopic (exact) mass is 378 g/mol. The van der Waals surface area contributed by atoms with Crippen molar-refractivity contribution < 1.29 is 14.3 Å². The number of ether oxygens (including phenoxy) is 2. The largest absolute Gasteiger partial charge is 0.376 e. The maximum Gasteiger partial charge on any atom is 0.245 e. The maximum absolute atomic E-state index is 12.3.